The number of amides is 1. The van der Waals surface area contributed by atoms with Crippen molar-refractivity contribution in [2.24, 2.45) is 5.92 Å². The second kappa shape index (κ2) is 9.50. The van der Waals surface area contributed by atoms with Crippen LogP contribution < -0.4 is 4.90 Å². The van der Waals surface area contributed by atoms with Crippen LogP contribution in [0.4, 0.5) is 18.9 Å². The zero-order valence-corrected chi connectivity index (χ0v) is 16.6. The molecular weight excluding hydrogens is 399 g/mol. The topological polar surface area (TPSA) is 36.4 Å². The number of hydrogen-bond donors (Lipinski definition) is 0. The maximum Gasteiger partial charge on any atom is 0.401 e. The molecule has 4 nitrogen and oxygen atoms in total. The van der Waals surface area contributed by atoms with E-state index >= 15 is 0 Å². The van der Waals surface area contributed by atoms with Gasteiger partial charge in [0.15, 0.2) is 0 Å². The van der Waals surface area contributed by atoms with Crippen molar-refractivity contribution in [2.45, 2.75) is 19.5 Å². The number of rotatable bonds is 6. The summed E-state index contributed by atoms with van der Waals surface area (Å²) in [6.45, 7) is 2.29. The molecule has 1 aromatic heterocycles. The molecule has 0 N–H and O–H groups in total. The molecule has 0 fully saturated rings. The van der Waals surface area contributed by atoms with Crippen molar-refractivity contribution in [2.75, 3.05) is 30.0 Å². The van der Waals surface area contributed by atoms with Gasteiger partial charge >= 0.3 is 6.18 Å². The second-order valence-corrected chi connectivity index (χ2v) is 7.21. The Morgan fingerprint density at radius 2 is 2.22 bits per heavy atom. The Morgan fingerprint density at radius 3 is 2.78 bits per heavy atom. The molecular formula is C18H21ClF3N3OS. The summed E-state index contributed by atoms with van der Waals surface area (Å²) in [5, 5.41) is 0.265. The summed E-state index contributed by atoms with van der Waals surface area (Å²) < 4.78 is 40.2. The van der Waals surface area contributed by atoms with Crippen molar-refractivity contribution in [3.05, 3.63) is 47.5 Å². The van der Waals surface area contributed by atoms with E-state index in [-0.39, 0.29) is 23.0 Å². The first-order chi connectivity index (χ1) is 12.8. The van der Waals surface area contributed by atoms with Crippen LogP contribution in [-0.2, 0) is 4.79 Å². The van der Waals surface area contributed by atoms with Gasteiger partial charge in [-0.1, -0.05) is 17.7 Å². The van der Waals surface area contributed by atoms with Crippen LogP contribution in [0.3, 0.4) is 0 Å². The lowest BCUT2D eigenvalue weighted by atomic mass is 10.1. The predicted octanol–water partition coefficient (Wildman–Crippen LogP) is 4.65. The van der Waals surface area contributed by atoms with E-state index in [1.54, 1.807) is 43.9 Å². The van der Waals surface area contributed by atoms with Crippen LogP contribution in [-0.4, -0.2) is 47.1 Å². The molecule has 0 bridgehead atoms. The minimum absolute atomic E-state index is 0.0799. The smallest absolute Gasteiger partial charge is 0.344 e. The fraction of sp³-hybridized carbons (Fsp3) is 0.444. The summed E-state index contributed by atoms with van der Waals surface area (Å²) in [7, 11) is 0. The lowest BCUT2D eigenvalue weighted by Gasteiger charge is -2.30. The first kappa shape index (κ1) is 21.6. The highest BCUT2D eigenvalue weighted by atomic mass is 35.5. The summed E-state index contributed by atoms with van der Waals surface area (Å²) in [5.74, 6) is -3.40. The Bertz CT molecular complexity index is 710. The Kier molecular flexibility index (Phi) is 7.61. The molecule has 27 heavy (non-hydrogen) atoms. The fourth-order valence-corrected chi connectivity index (χ4v) is 3.66. The molecule has 0 aromatic carbocycles. The van der Waals surface area contributed by atoms with Gasteiger partial charge in [-0.05, 0) is 31.7 Å². The Morgan fingerprint density at radius 1 is 1.48 bits per heavy atom. The van der Waals surface area contributed by atoms with Crippen LogP contribution in [0.2, 0.25) is 0 Å². The van der Waals surface area contributed by atoms with E-state index in [0.717, 1.165) is 22.3 Å². The van der Waals surface area contributed by atoms with Gasteiger partial charge in [-0.2, -0.15) is 24.9 Å². The molecule has 1 aliphatic heterocycles. The molecule has 2 rings (SSSR count). The third kappa shape index (κ3) is 5.42. The monoisotopic (exact) mass is 419 g/mol. The number of carbonyl (C=O) groups excluding carboxylic acids is 1. The number of halogens is 4. The van der Waals surface area contributed by atoms with Crippen molar-refractivity contribution in [1.29, 1.82) is 0 Å². The maximum atomic E-state index is 13.4. The number of anilines is 1. The average Bonchev–Trinajstić information content (AvgIpc) is 2.82. The number of thioether (sulfide) groups is 1. The summed E-state index contributed by atoms with van der Waals surface area (Å²) >= 11 is 7.31. The molecule has 0 radical (unpaired) electrons. The highest BCUT2D eigenvalue weighted by molar-refractivity contribution is 7.98. The first-order valence-corrected chi connectivity index (χ1v) is 10.2. The van der Waals surface area contributed by atoms with Crippen LogP contribution in [0.5, 0.6) is 0 Å². The third-order valence-corrected chi connectivity index (χ3v) is 5.11. The highest BCUT2D eigenvalue weighted by Gasteiger charge is 2.46. The number of aromatic nitrogens is 1. The average molecular weight is 420 g/mol. The second-order valence-electron chi connectivity index (χ2n) is 5.89. The number of pyridine rings is 1. The normalized spacial score (nSPS) is 16.3. The molecule has 1 atom stereocenters. The van der Waals surface area contributed by atoms with Crippen LogP contribution >= 0.6 is 23.4 Å². The van der Waals surface area contributed by atoms with Crippen LogP contribution in [0.1, 0.15) is 13.3 Å². The van der Waals surface area contributed by atoms with Gasteiger partial charge in [-0.25, -0.2) is 0 Å². The van der Waals surface area contributed by atoms with Gasteiger partial charge < -0.3 is 9.80 Å². The number of likely N-dealkylation sites (N-methyl/N-ethyl adjacent to an activating group) is 1. The van der Waals surface area contributed by atoms with Crippen LogP contribution in [0, 0.1) is 5.92 Å². The van der Waals surface area contributed by atoms with Gasteiger partial charge in [-0.3, -0.25) is 9.78 Å². The zero-order chi connectivity index (χ0) is 20.0. The SMILES string of the molecule is CCN(C(=O)C(CSC)C(F)(F)F)C1=CN(c2cccnc2)CCC=C1Cl. The van der Waals surface area contributed by atoms with Crippen molar-refractivity contribution in [1.82, 2.24) is 9.88 Å². The molecule has 148 valence electrons. The molecule has 0 saturated heterocycles. The Hall–Kier alpha value is -1.67. The van der Waals surface area contributed by atoms with E-state index in [0.29, 0.717) is 13.0 Å². The molecule has 0 aliphatic carbocycles. The van der Waals surface area contributed by atoms with Crippen LogP contribution in [0.15, 0.2) is 47.5 Å². The van der Waals surface area contributed by atoms with Gasteiger partial charge in [0.25, 0.3) is 0 Å². The van der Waals surface area contributed by atoms with E-state index in [1.807, 2.05) is 11.0 Å². The number of nitrogens with zero attached hydrogens (tertiary/aromatic N) is 3. The standard InChI is InChI=1S/C18H21ClF3N3OS/c1-3-25(17(26)14(12-27-2)18(20,21)22)16-11-24(9-5-7-15(16)19)13-6-4-8-23-10-13/h4,6-8,10-11,14H,3,5,9,12H2,1-2H3. The molecule has 0 spiro atoms. The van der Waals surface area contributed by atoms with Gasteiger partial charge in [0, 0.05) is 31.2 Å². The lowest BCUT2D eigenvalue weighted by molar-refractivity contribution is -0.182. The summed E-state index contributed by atoms with van der Waals surface area (Å²) in [6.07, 6.45) is 4.15. The van der Waals surface area contributed by atoms with Gasteiger partial charge in [0.05, 0.1) is 22.6 Å². The number of carbonyl (C=O) groups is 1. The molecule has 1 amide bonds. The van der Waals surface area contributed by atoms with Gasteiger partial charge in [0.1, 0.15) is 5.92 Å². The molecule has 2 heterocycles. The third-order valence-electron chi connectivity index (χ3n) is 4.09. The van der Waals surface area contributed by atoms with E-state index < -0.39 is 18.0 Å². The summed E-state index contributed by atoms with van der Waals surface area (Å²) in [4.78, 5) is 19.8. The molecule has 0 saturated carbocycles. The minimum Gasteiger partial charge on any atom is -0.344 e. The van der Waals surface area contributed by atoms with Crippen molar-refractivity contribution >= 4 is 35.0 Å². The highest BCUT2D eigenvalue weighted by Crippen LogP contribution is 2.33. The summed E-state index contributed by atoms with van der Waals surface area (Å²) in [6, 6.07) is 3.61. The van der Waals surface area contributed by atoms with E-state index in [4.69, 9.17) is 11.6 Å². The minimum atomic E-state index is -4.61. The van der Waals surface area contributed by atoms with E-state index in [9.17, 15) is 18.0 Å². The van der Waals surface area contributed by atoms with Crippen molar-refractivity contribution < 1.29 is 18.0 Å². The van der Waals surface area contributed by atoms with Crippen molar-refractivity contribution in [3.8, 4) is 0 Å². The molecule has 1 aliphatic rings. The van der Waals surface area contributed by atoms with Gasteiger partial charge in [-0.15, -0.1) is 0 Å². The number of hydrogen-bond acceptors (Lipinski definition) is 4. The number of alkyl halides is 3. The number of allylic oxidation sites excluding steroid dienone is 1. The quantitative estimate of drug-likeness (QED) is 0.672. The van der Waals surface area contributed by atoms with Gasteiger partial charge in [0.2, 0.25) is 5.91 Å². The largest absolute Gasteiger partial charge is 0.401 e. The lowest BCUT2D eigenvalue weighted by Crippen LogP contribution is -2.43. The van der Waals surface area contributed by atoms with E-state index in [2.05, 4.69) is 4.98 Å². The molecule has 1 unspecified atom stereocenters. The fourth-order valence-electron chi connectivity index (χ4n) is 2.74. The molecule has 9 heteroatoms. The Balaban J connectivity index is 2.41. The maximum absolute atomic E-state index is 13.4. The zero-order valence-electron chi connectivity index (χ0n) is 15.0. The molecule has 1 aromatic rings. The Labute approximate surface area is 166 Å². The van der Waals surface area contributed by atoms with E-state index in [1.165, 1.54) is 0 Å². The summed E-state index contributed by atoms with van der Waals surface area (Å²) in [5.41, 5.74) is 1.04. The predicted molar refractivity (Wildman–Crippen MR) is 104 cm³/mol. The first-order valence-electron chi connectivity index (χ1n) is 8.41. The van der Waals surface area contributed by atoms with Crippen LogP contribution in [0.25, 0.3) is 0 Å². The van der Waals surface area contributed by atoms with Crippen molar-refractivity contribution in [3.63, 3.8) is 0 Å².